The number of hydrogen-bond acceptors (Lipinski definition) is 2. The topological polar surface area (TPSA) is 29.5 Å². The third kappa shape index (κ3) is 5.08. The predicted molar refractivity (Wildman–Crippen MR) is 86.2 cm³/mol. The number of piperidine rings is 1. The maximum atomic E-state index is 12.1. The van der Waals surface area contributed by atoms with Crippen LogP contribution in [0.4, 0.5) is 0 Å². The Morgan fingerprint density at radius 2 is 2.24 bits per heavy atom. The zero-order valence-corrected chi connectivity index (χ0v) is 13.8. The largest absolute Gasteiger partial charge is 0.492 e. The van der Waals surface area contributed by atoms with E-state index in [9.17, 15) is 4.79 Å². The average molecular weight is 330 g/mol. The highest BCUT2D eigenvalue weighted by molar-refractivity contribution is 6.35. The van der Waals surface area contributed by atoms with E-state index in [1.165, 1.54) is 6.42 Å². The Labute approximate surface area is 136 Å². The molecule has 0 saturated carbocycles. The fourth-order valence-corrected chi connectivity index (χ4v) is 3.03. The van der Waals surface area contributed by atoms with Crippen LogP contribution in [0.1, 0.15) is 32.6 Å². The summed E-state index contributed by atoms with van der Waals surface area (Å²) >= 11 is 11.9. The van der Waals surface area contributed by atoms with Gasteiger partial charge in [0.15, 0.2) is 0 Å². The van der Waals surface area contributed by atoms with E-state index in [-0.39, 0.29) is 5.91 Å². The lowest BCUT2D eigenvalue weighted by Gasteiger charge is -2.31. The van der Waals surface area contributed by atoms with Crippen molar-refractivity contribution in [3.8, 4) is 5.75 Å². The third-order valence-corrected chi connectivity index (χ3v) is 4.23. The summed E-state index contributed by atoms with van der Waals surface area (Å²) in [5.74, 6) is 1.46. The highest BCUT2D eigenvalue weighted by atomic mass is 35.5. The van der Waals surface area contributed by atoms with Crippen molar-refractivity contribution < 1.29 is 9.53 Å². The highest BCUT2D eigenvalue weighted by Crippen LogP contribution is 2.27. The molecule has 5 heteroatoms. The molecule has 1 aromatic carbocycles. The molecule has 0 spiro atoms. The van der Waals surface area contributed by atoms with Crippen molar-refractivity contribution in [2.75, 3.05) is 19.7 Å². The first-order chi connectivity index (χ1) is 10.1. The fraction of sp³-hybridized carbons (Fsp3) is 0.562. The fourth-order valence-electron chi connectivity index (χ4n) is 2.57. The maximum Gasteiger partial charge on any atom is 0.222 e. The molecule has 1 fully saturated rings. The Hall–Kier alpha value is -0.930. The Balaban J connectivity index is 1.70. The summed E-state index contributed by atoms with van der Waals surface area (Å²) in [6.07, 6.45) is 3.56. The van der Waals surface area contributed by atoms with Crippen molar-refractivity contribution in [3.05, 3.63) is 28.2 Å². The van der Waals surface area contributed by atoms with E-state index in [0.717, 1.165) is 19.5 Å². The molecule has 21 heavy (non-hydrogen) atoms. The van der Waals surface area contributed by atoms with E-state index in [1.54, 1.807) is 18.2 Å². The first kappa shape index (κ1) is 16.4. The number of carbonyl (C=O) groups is 1. The van der Waals surface area contributed by atoms with E-state index < -0.39 is 0 Å². The van der Waals surface area contributed by atoms with E-state index in [1.807, 2.05) is 4.90 Å². The summed E-state index contributed by atoms with van der Waals surface area (Å²) in [4.78, 5) is 14.1. The number of benzene rings is 1. The Morgan fingerprint density at radius 3 is 2.95 bits per heavy atom. The second kappa shape index (κ2) is 7.90. The smallest absolute Gasteiger partial charge is 0.222 e. The molecule has 3 nitrogen and oxygen atoms in total. The minimum Gasteiger partial charge on any atom is -0.492 e. The second-order valence-electron chi connectivity index (χ2n) is 5.61. The van der Waals surface area contributed by atoms with Crippen LogP contribution < -0.4 is 4.74 Å². The summed E-state index contributed by atoms with van der Waals surface area (Å²) < 4.78 is 5.59. The van der Waals surface area contributed by atoms with Gasteiger partial charge in [-0.1, -0.05) is 30.1 Å². The Morgan fingerprint density at radius 1 is 1.43 bits per heavy atom. The van der Waals surface area contributed by atoms with Crippen LogP contribution in [0.25, 0.3) is 0 Å². The molecule has 1 atom stereocenters. The molecular weight excluding hydrogens is 309 g/mol. The van der Waals surface area contributed by atoms with Gasteiger partial charge in [-0.05, 0) is 43.4 Å². The molecule has 0 N–H and O–H groups in total. The van der Waals surface area contributed by atoms with Gasteiger partial charge in [0.1, 0.15) is 5.75 Å². The number of likely N-dealkylation sites (tertiary alicyclic amines) is 1. The quantitative estimate of drug-likeness (QED) is 0.749. The van der Waals surface area contributed by atoms with Gasteiger partial charge in [0.2, 0.25) is 5.91 Å². The van der Waals surface area contributed by atoms with Crippen molar-refractivity contribution in [2.24, 2.45) is 5.92 Å². The van der Waals surface area contributed by atoms with Crippen molar-refractivity contribution in [1.82, 2.24) is 4.90 Å². The molecule has 1 saturated heterocycles. The lowest BCUT2D eigenvalue weighted by molar-refractivity contribution is -0.133. The molecule has 0 aromatic heterocycles. The van der Waals surface area contributed by atoms with Crippen molar-refractivity contribution in [3.63, 3.8) is 0 Å². The van der Waals surface area contributed by atoms with Crippen LogP contribution in [0.3, 0.4) is 0 Å². The SMILES string of the molecule is C[C@H]1CCCN(C(=O)CCCOc2ccc(Cl)cc2Cl)C1. The first-order valence-electron chi connectivity index (χ1n) is 7.42. The van der Waals surface area contributed by atoms with Gasteiger partial charge >= 0.3 is 0 Å². The molecule has 1 amide bonds. The minimum atomic E-state index is 0.229. The Bertz CT molecular complexity index is 493. The van der Waals surface area contributed by atoms with Gasteiger partial charge in [-0.25, -0.2) is 0 Å². The summed E-state index contributed by atoms with van der Waals surface area (Å²) in [7, 11) is 0. The molecule has 0 unspecified atom stereocenters. The minimum absolute atomic E-state index is 0.229. The second-order valence-corrected chi connectivity index (χ2v) is 6.46. The van der Waals surface area contributed by atoms with E-state index in [2.05, 4.69) is 6.92 Å². The van der Waals surface area contributed by atoms with Gasteiger partial charge in [-0.15, -0.1) is 0 Å². The normalized spacial score (nSPS) is 18.6. The summed E-state index contributed by atoms with van der Waals surface area (Å²) in [6, 6.07) is 5.14. The lowest BCUT2D eigenvalue weighted by atomic mass is 10.00. The van der Waals surface area contributed by atoms with Crippen molar-refractivity contribution in [1.29, 1.82) is 0 Å². The molecular formula is C16H21Cl2NO2. The van der Waals surface area contributed by atoms with Gasteiger partial charge in [-0.3, -0.25) is 4.79 Å². The number of hydrogen-bond donors (Lipinski definition) is 0. The van der Waals surface area contributed by atoms with E-state index >= 15 is 0 Å². The molecule has 2 rings (SSSR count). The molecule has 0 aliphatic carbocycles. The van der Waals surface area contributed by atoms with Crippen LogP contribution in [0.15, 0.2) is 18.2 Å². The molecule has 1 aliphatic heterocycles. The number of amides is 1. The third-order valence-electron chi connectivity index (χ3n) is 3.70. The number of ether oxygens (including phenoxy) is 1. The molecule has 0 radical (unpaired) electrons. The van der Waals surface area contributed by atoms with Crippen molar-refractivity contribution in [2.45, 2.75) is 32.6 Å². The lowest BCUT2D eigenvalue weighted by Crippen LogP contribution is -2.39. The van der Waals surface area contributed by atoms with Crippen LogP contribution >= 0.6 is 23.2 Å². The number of halogens is 2. The first-order valence-corrected chi connectivity index (χ1v) is 8.17. The van der Waals surface area contributed by atoms with Gasteiger partial charge < -0.3 is 9.64 Å². The van der Waals surface area contributed by atoms with Crippen LogP contribution in [-0.2, 0) is 4.79 Å². The molecule has 1 aromatic rings. The van der Waals surface area contributed by atoms with Crippen LogP contribution in [0.5, 0.6) is 5.75 Å². The molecule has 1 aliphatic rings. The zero-order valence-electron chi connectivity index (χ0n) is 12.3. The zero-order chi connectivity index (χ0) is 15.2. The van der Waals surface area contributed by atoms with Crippen LogP contribution in [0, 0.1) is 5.92 Å². The van der Waals surface area contributed by atoms with Gasteiger partial charge in [0.05, 0.1) is 11.6 Å². The summed E-state index contributed by atoms with van der Waals surface area (Å²) in [5, 5.41) is 1.08. The summed E-state index contributed by atoms with van der Waals surface area (Å²) in [6.45, 7) is 4.47. The van der Waals surface area contributed by atoms with Gasteiger partial charge in [-0.2, -0.15) is 0 Å². The van der Waals surface area contributed by atoms with Crippen molar-refractivity contribution >= 4 is 29.1 Å². The summed E-state index contributed by atoms with van der Waals surface area (Å²) in [5.41, 5.74) is 0. The van der Waals surface area contributed by atoms with Crippen LogP contribution in [-0.4, -0.2) is 30.5 Å². The highest BCUT2D eigenvalue weighted by Gasteiger charge is 2.20. The maximum absolute atomic E-state index is 12.1. The van der Waals surface area contributed by atoms with Gasteiger partial charge in [0.25, 0.3) is 0 Å². The number of nitrogens with zero attached hydrogens (tertiary/aromatic N) is 1. The van der Waals surface area contributed by atoms with E-state index in [4.69, 9.17) is 27.9 Å². The standard InChI is InChI=1S/C16H21Cl2NO2/c1-12-4-2-8-19(11-12)16(20)5-3-9-21-15-7-6-13(17)10-14(15)18/h6-7,10,12H,2-5,8-9,11H2,1H3/t12-/m0/s1. The van der Waals surface area contributed by atoms with Gasteiger partial charge in [0, 0.05) is 24.5 Å². The monoisotopic (exact) mass is 329 g/mol. The Kier molecular flexibility index (Phi) is 6.19. The number of carbonyl (C=O) groups excluding carboxylic acids is 1. The molecule has 116 valence electrons. The molecule has 0 bridgehead atoms. The predicted octanol–water partition coefficient (Wildman–Crippen LogP) is 4.41. The van der Waals surface area contributed by atoms with Crippen LogP contribution in [0.2, 0.25) is 10.0 Å². The number of rotatable bonds is 5. The van der Waals surface area contributed by atoms with E-state index in [0.29, 0.717) is 41.2 Å². The average Bonchev–Trinajstić information content (AvgIpc) is 2.45. The molecule has 1 heterocycles.